The van der Waals surface area contributed by atoms with E-state index in [0.717, 1.165) is 16.7 Å². The summed E-state index contributed by atoms with van der Waals surface area (Å²) in [5.41, 5.74) is 3.00. The van der Waals surface area contributed by atoms with E-state index in [9.17, 15) is 9.59 Å². The lowest BCUT2D eigenvalue weighted by Gasteiger charge is -2.12. The molecule has 0 bridgehead atoms. The molecule has 0 saturated heterocycles. The third-order valence-electron chi connectivity index (χ3n) is 5.45. The topological polar surface area (TPSA) is 97.1 Å². The second-order valence-electron chi connectivity index (χ2n) is 7.52. The van der Waals surface area contributed by atoms with Gasteiger partial charge in [0.25, 0.3) is 5.56 Å². The van der Waals surface area contributed by atoms with E-state index < -0.39 is 5.69 Å². The maximum atomic E-state index is 13.5. The van der Waals surface area contributed by atoms with E-state index >= 15 is 0 Å². The first-order valence-electron chi connectivity index (χ1n) is 10.1. The molecule has 0 atom stereocenters. The van der Waals surface area contributed by atoms with E-state index in [1.807, 2.05) is 66.1 Å². The van der Waals surface area contributed by atoms with Crippen LogP contribution in [0.1, 0.15) is 17.5 Å². The Balaban J connectivity index is 2.01. The summed E-state index contributed by atoms with van der Waals surface area (Å²) >= 11 is 0. The van der Waals surface area contributed by atoms with Gasteiger partial charge in [0.15, 0.2) is 11.2 Å². The van der Waals surface area contributed by atoms with Crippen molar-refractivity contribution in [2.24, 2.45) is 12.9 Å². The predicted molar refractivity (Wildman–Crippen MR) is 120 cm³/mol. The van der Waals surface area contributed by atoms with Crippen LogP contribution in [0.5, 0.6) is 0 Å². The summed E-state index contributed by atoms with van der Waals surface area (Å²) in [6.07, 6.45) is 0.453. The molecule has 31 heavy (non-hydrogen) atoms. The Morgan fingerprint density at radius 1 is 1.00 bits per heavy atom. The van der Waals surface area contributed by atoms with Crippen molar-refractivity contribution in [3.05, 3.63) is 86.6 Å². The molecule has 0 unspecified atom stereocenters. The van der Waals surface area contributed by atoms with Crippen LogP contribution < -0.4 is 17.1 Å². The Morgan fingerprint density at radius 2 is 1.71 bits per heavy atom. The summed E-state index contributed by atoms with van der Waals surface area (Å²) in [4.78, 5) is 35.7. The van der Waals surface area contributed by atoms with Crippen LogP contribution in [0.2, 0.25) is 0 Å². The molecule has 0 aliphatic rings. The molecule has 0 saturated carbocycles. The van der Waals surface area contributed by atoms with Crippen LogP contribution in [0.25, 0.3) is 22.6 Å². The summed E-state index contributed by atoms with van der Waals surface area (Å²) in [5.74, 6) is 5.76. The molecule has 4 aromatic rings. The van der Waals surface area contributed by atoms with Crippen molar-refractivity contribution in [2.75, 3.05) is 6.61 Å². The zero-order valence-corrected chi connectivity index (χ0v) is 17.6. The monoisotopic (exact) mass is 419 g/mol. The van der Waals surface area contributed by atoms with E-state index in [1.165, 1.54) is 9.13 Å². The van der Waals surface area contributed by atoms with Gasteiger partial charge in [-0.05, 0) is 24.5 Å². The van der Waals surface area contributed by atoms with Crippen LogP contribution in [-0.2, 0) is 25.0 Å². The van der Waals surface area contributed by atoms with Gasteiger partial charge in [-0.25, -0.2) is 15.7 Å². The second-order valence-corrected chi connectivity index (χ2v) is 7.52. The first-order valence-corrected chi connectivity index (χ1v) is 10.1. The van der Waals surface area contributed by atoms with Gasteiger partial charge in [-0.15, -0.1) is 0 Å². The fourth-order valence-corrected chi connectivity index (χ4v) is 3.82. The van der Waals surface area contributed by atoms with Gasteiger partial charge >= 0.3 is 5.69 Å². The van der Waals surface area contributed by atoms with Crippen molar-refractivity contribution in [3.63, 3.8) is 0 Å². The molecule has 2 N–H and O–H groups in total. The number of nitrogens with two attached hydrogens (primary N) is 1. The summed E-state index contributed by atoms with van der Waals surface area (Å²) in [7, 11) is 1.64. The molecule has 4 rings (SSSR count). The van der Waals surface area contributed by atoms with Crippen LogP contribution in [-0.4, -0.2) is 25.3 Å². The van der Waals surface area contributed by atoms with Crippen molar-refractivity contribution in [2.45, 2.75) is 26.4 Å². The third kappa shape index (κ3) is 3.83. The Kier molecular flexibility index (Phi) is 5.83. The number of nitrogens with zero attached hydrogens (tertiary/aromatic N) is 4. The molecule has 0 amide bonds. The maximum Gasteiger partial charge on any atom is 0.332 e. The lowest BCUT2D eigenvalue weighted by atomic mass is 10.1. The third-order valence-corrected chi connectivity index (χ3v) is 5.45. The normalized spacial score (nSPS) is 11.3. The van der Waals surface area contributed by atoms with Crippen LogP contribution in [0.15, 0.2) is 64.2 Å². The standard InChI is InChI=1S/C23H25N5O3/c1-16-9-6-7-12-18(16)20-25-21-19(28(20)15-17-10-4-3-5-11-17)22(29)27(13-8-14-31-24)23(30)26(21)2/h3-7,9-12H,8,13-15,24H2,1-2H3. The lowest BCUT2D eigenvalue weighted by molar-refractivity contribution is 0.131. The van der Waals surface area contributed by atoms with Crippen molar-refractivity contribution < 1.29 is 4.84 Å². The van der Waals surface area contributed by atoms with Gasteiger partial charge in [0.05, 0.1) is 6.61 Å². The minimum atomic E-state index is -0.407. The molecule has 0 spiro atoms. The number of aryl methyl sites for hydroxylation is 2. The van der Waals surface area contributed by atoms with E-state index in [4.69, 9.17) is 10.9 Å². The molecule has 0 fully saturated rings. The Labute approximate surface area is 179 Å². The fraction of sp³-hybridized carbons (Fsp3) is 0.261. The molecule has 160 valence electrons. The van der Waals surface area contributed by atoms with Gasteiger partial charge in [0.1, 0.15) is 5.82 Å². The SMILES string of the molecule is Cc1ccccc1-c1nc2c(c(=O)n(CCCON)c(=O)n2C)n1Cc1ccccc1. The largest absolute Gasteiger partial charge is 0.332 e. The average molecular weight is 419 g/mol. The van der Waals surface area contributed by atoms with Crippen molar-refractivity contribution in [1.82, 2.24) is 18.7 Å². The molecule has 8 nitrogen and oxygen atoms in total. The molecule has 0 aliphatic carbocycles. The Morgan fingerprint density at radius 3 is 2.42 bits per heavy atom. The highest BCUT2D eigenvalue weighted by Gasteiger charge is 2.22. The zero-order chi connectivity index (χ0) is 22.0. The molecular weight excluding hydrogens is 394 g/mol. The summed E-state index contributed by atoms with van der Waals surface area (Å²) < 4.78 is 4.57. The zero-order valence-electron chi connectivity index (χ0n) is 17.6. The fourth-order valence-electron chi connectivity index (χ4n) is 3.82. The van der Waals surface area contributed by atoms with Gasteiger partial charge in [-0.2, -0.15) is 0 Å². The molecule has 2 heterocycles. The van der Waals surface area contributed by atoms with Crippen molar-refractivity contribution in [1.29, 1.82) is 0 Å². The van der Waals surface area contributed by atoms with Crippen LogP contribution in [0.3, 0.4) is 0 Å². The highest BCUT2D eigenvalue weighted by atomic mass is 16.6. The molecule has 2 aromatic carbocycles. The average Bonchev–Trinajstić information content (AvgIpc) is 3.15. The van der Waals surface area contributed by atoms with E-state index in [-0.39, 0.29) is 18.7 Å². The van der Waals surface area contributed by atoms with Gasteiger partial charge < -0.3 is 9.40 Å². The number of hydrogen-bond donors (Lipinski definition) is 1. The highest BCUT2D eigenvalue weighted by molar-refractivity contribution is 5.78. The second kappa shape index (κ2) is 8.71. The predicted octanol–water partition coefficient (Wildman–Crippen LogP) is 2.20. The van der Waals surface area contributed by atoms with Crippen molar-refractivity contribution >= 4 is 11.2 Å². The van der Waals surface area contributed by atoms with Gasteiger partial charge in [0.2, 0.25) is 0 Å². The number of aromatic nitrogens is 4. The van der Waals surface area contributed by atoms with Crippen molar-refractivity contribution in [3.8, 4) is 11.4 Å². The van der Waals surface area contributed by atoms with E-state index in [2.05, 4.69) is 4.84 Å². The van der Waals surface area contributed by atoms with Gasteiger partial charge in [-0.3, -0.25) is 13.9 Å². The summed E-state index contributed by atoms with van der Waals surface area (Å²) in [6, 6.07) is 17.8. The minimum Gasteiger partial charge on any atom is -0.314 e. The number of benzene rings is 2. The first kappa shape index (κ1) is 20.8. The van der Waals surface area contributed by atoms with Crippen LogP contribution in [0.4, 0.5) is 0 Å². The number of imidazole rings is 1. The van der Waals surface area contributed by atoms with Crippen LogP contribution >= 0.6 is 0 Å². The van der Waals surface area contributed by atoms with Gasteiger partial charge in [-0.1, -0.05) is 54.6 Å². The van der Waals surface area contributed by atoms with Crippen LogP contribution in [0, 0.1) is 6.92 Å². The van der Waals surface area contributed by atoms with E-state index in [1.54, 1.807) is 7.05 Å². The minimum absolute atomic E-state index is 0.217. The Hall–Kier alpha value is -3.49. The molecule has 2 aromatic heterocycles. The smallest absolute Gasteiger partial charge is 0.314 e. The van der Waals surface area contributed by atoms with Gasteiger partial charge in [0, 0.05) is 25.7 Å². The molecular formula is C23H25N5O3. The van der Waals surface area contributed by atoms with E-state index in [0.29, 0.717) is 30.0 Å². The Bertz CT molecular complexity index is 1340. The summed E-state index contributed by atoms with van der Waals surface area (Å²) in [6.45, 7) is 2.94. The highest BCUT2D eigenvalue weighted by Crippen LogP contribution is 2.26. The quantitative estimate of drug-likeness (QED) is 0.366. The lowest BCUT2D eigenvalue weighted by Crippen LogP contribution is -2.40. The molecule has 8 heteroatoms. The number of rotatable bonds is 7. The summed E-state index contributed by atoms with van der Waals surface area (Å²) in [5, 5.41) is 0. The molecule has 0 aliphatic heterocycles. The number of hydrogen-bond acceptors (Lipinski definition) is 5. The molecule has 0 radical (unpaired) electrons. The maximum absolute atomic E-state index is 13.5. The first-order chi connectivity index (χ1) is 15.0. The number of fused-ring (bicyclic) bond motifs is 1.